The van der Waals surface area contributed by atoms with Crippen LogP contribution < -0.4 is 5.73 Å². The topological polar surface area (TPSA) is 74.3 Å². The highest BCUT2D eigenvalue weighted by atomic mass is 127. The van der Waals surface area contributed by atoms with Crippen LogP contribution in [0.2, 0.25) is 0 Å². The summed E-state index contributed by atoms with van der Waals surface area (Å²) in [6.45, 7) is 7.49. The van der Waals surface area contributed by atoms with Gasteiger partial charge in [0.2, 0.25) is 0 Å². The second-order valence-corrected chi connectivity index (χ2v) is 8.63. The van der Waals surface area contributed by atoms with Crippen LogP contribution in [0.1, 0.15) is 54.0 Å². The number of benzene rings is 2. The van der Waals surface area contributed by atoms with Crippen molar-refractivity contribution >= 4 is 51.2 Å². The van der Waals surface area contributed by atoms with Gasteiger partial charge >= 0.3 is 5.97 Å². The lowest BCUT2D eigenvalue weighted by Crippen LogP contribution is -2.24. The van der Waals surface area contributed by atoms with E-state index in [1.165, 1.54) is 4.57 Å². The van der Waals surface area contributed by atoms with Crippen LogP contribution in [0.5, 0.6) is 0 Å². The smallest absolute Gasteiger partial charge is 0.339 e. The molecular weight excluding hydrogens is 467 g/mol. The molecule has 6 heteroatoms. The van der Waals surface area contributed by atoms with E-state index in [9.17, 15) is 9.59 Å². The quantitative estimate of drug-likeness (QED) is 0.413. The zero-order valence-corrected chi connectivity index (χ0v) is 18.5. The Labute approximate surface area is 178 Å². The number of aryl methyl sites for hydroxylation is 1. The molecule has 0 unspecified atom stereocenters. The predicted molar refractivity (Wildman–Crippen MR) is 120 cm³/mol. The van der Waals surface area contributed by atoms with Crippen LogP contribution in [0, 0.1) is 3.57 Å². The van der Waals surface area contributed by atoms with Gasteiger partial charge in [-0.3, -0.25) is 9.36 Å². The van der Waals surface area contributed by atoms with Crippen molar-refractivity contribution in [3.63, 3.8) is 0 Å². The number of nitrogen functional groups attached to an aromatic ring is 1. The molecule has 0 fully saturated rings. The molecule has 3 rings (SSSR count). The summed E-state index contributed by atoms with van der Waals surface area (Å²) in [5, 5.41) is 0.827. The SMILES string of the molecule is CCc1c(N)n(C(=O)c2ccccc2)c2ccc(C(=O)OC(C)(C)C)c(I)c12. The van der Waals surface area contributed by atoms with Gasteiger partial charge in [-0.2, -0.15) is 0 Å². The normalized spacial score (nSPS) is 11.6. The van der Waals surface area contributed by atoms with Crippen molar-refractivity contribution in [1.29, 1.82) is 0 Å². The first-order chi connectivity index (χ1) is 13.2. The number of fused-ring (bicyclic) bond motifs is 1. The van der Waals surface area contributed by atoms with Gasteiger partial charge in [0.1, 0.15) is 11.4 Å². The standard InChI is InChI=1S/C22H23IN2O3/c1-5-14-17-16(12-11-15(18(17)23)21(27)28-22(2,3)4)25(19(14)24)20(26)13-9-7-6-8-10-13/h6-12H,5,24H2,1-4H3. The van der Waals surface area contributed by atoms with Crippen molar-refractivity contribution in [2.45, 2.75) is 39.7 Å². The second kappa shape index (κ2) is 7.58. The number of hydrogen-bond acceptors (Lipinski definition) is 4. The number of nitrogens with zero attached hydrogens (tertiary/aromatic N) is 1. The fourth-order valence-corrected chi connectivity index (χ4v) is 4.21. The van der Waals surface area contributed by atoms with E-state index < -0.39 is 5.60 Å². The average Bonchev–Trinajstić information content (AvgIpc) is 2.92. The number of carbonyl (C=O) groups excluding carboxylic acids is 2. The maximum atomic E-state index is 13.1. The summed E-state index contributed by atoms with van der Waals surface area (Å²) < 4.78 is 7.81. The highest BCUT2D eigenvalue weighted by Gasteiger charge is 2.26. The summed E-state index contributed by atoms with van der Waals surface area (Å²) in [7, 11) is 0. The average molecular weight is 490 g/mol. The minimum Gasteiger partial charge on any atom is -0.456 e. The molecule has 0 aliphatic carbocycles. The van der Waals surface area contributed by atoms with Crippen LogP contribution in [-0.2, 0) is 11.2 Å². The first-order valence-corrected chi connectivity index (χ1v) is 10.2. The van der Waals surface area contributed by atoms with E-state index >= 15 is 0 Å². The molecule has 0 aliphatic heterocycles. The van der Waals surface area contributed by atoms with Gasteiger partial charge in [-0.05, 0) is 74.0 Å². The van der Waals surface area contributed by atoms with Gasteiger partial charge in [-0.25, -0.2) is 4.79 Å². The van der Waals surface area contributed by atoms with Crippen molar-refractivity contribution in [2.75, 3.05) is 5.73 Å². The van der Waals surface area contributed by atoms with Crippen molar-refractivity contribution in [1.82, 2.24) is 4.57 Å². The minimum atomic E-state index is -0.586. The molecule has 0 bridgehead atoms. The third-order valence-corrected chi connectivity index (χ3v) is 5.53. The van der Waals surface area contributed by atoms with Gasteiger partial charge < -0.3 is 10.5 Å². The number of aromatic nitrogens is 1. The number of hydrogen-bond donors (Lipinski definition) is 1. The molecule has 3 aromatic rings. The summed E-state index contributed by atoms with van der Waals surface area (Å²) in [6.07, 6.45) is 0.644. The van der Waals surface area contributed by atoms with Gasteiger partial charge in [-0.15, -0.1) is 0 Å². The molecule has 146 valence electrons. The molecular formula is C22H23IN2O3. The van der Waals surface area contributed by atoms with Crippen LogP contribution >= 0.6 is 22.6 Å². The largest absolute Gasteiger partial charge is 0.456 e. The molecule has 1 heterocycles. The molecule has 0 saturated heterocycles. The zero-order chi connectivity index (χ0) is 20.6. The number of carbonyl (C=O) groups is 2. The monoisotopic (exact) mass is 490 g/mol. The van der Waals surface area contributed by atoms with Gasteiger partial charge in [0, 0.05) is 20.1 Å². The third kappa shape index (κ3) is 3.65. The van der Waals surface area contributed by atoms with Crippen LogP contribution in [-0.4, -0.2) is 22.0 Å². The minimum absolute atomic E-state index is 0.191. The highest BCUT2D eigenvalue weighted by molar-refractivity contribution is 14.1. The van der Waals surface area contributed by atoms with Gasteiger partial charge in [0.25, 0.3) is 5.91 Å². The van der Waals surface area contributed by atoms with Gasteiger partial charge in [-0.1, -0.05) is 25.1 Å². The van der Waals surface area contributed by atoms with Crippen LogP contribution in [0.4, 0.5) is 5.82 Å². The Morgan fingerprint density at radius 1 is 1.11 bits per heavy atom. The first-order valence-electron chi connectivity index (χ1n) is 9.10. The van der Waals surface area contributed by atoms with E-state index in [-0.39, 0.29) is 11.9 Å². The maximum absolute atomic E-state index is 13.1. The molecule has 2 aromatic carbocycles. The number of esters is 1. The maximum Gasteiger partial charge on any atom is 0.339 e. The van der Waals surface area contributed by atoms with E-state index in [0.29, 0.717) is 28.9 Å². The molecule has 0 radical (unpaired) electrons. The zero-order valence-electron chi connectivity index (χ0n) is 16.4. The number of halogens is 1. The summed E-state index contributed by atoms with van der Waals surface area (Å²) in [4.78, 5) is 25.8. The molecule has 0 spiro atoms. The Bertz CT molecular complexity index is 1060. The summed E-state index contributed by atoms with van der Waals surface area (Å²) >= 11 is 2.14. The lowest BCUT2D eigenvalue weighted by molar-refractivity contribution is 0.00684. The number of rotatable bonds is 3. The lowest BCUT2D eigenvalue weighted by atomic mass is 10.1. The third-order valence-electron chi connectivity index (χ3n) is 4.41. The van der Waals surface area contributed by atoms with Crippen LogP contribution in [0.15, 0.2) is 42.5 Å². The molecule has 0 aliphatic rings. The highest BCUT2D eigenvalue weighted by Crippen LogP contribution is 2.35. The fourth-order valence-electron chi connectivity index (χ4n) is 3.21. The van der Waals surface area contributed by atoms with Crippen molar-refractivity contribution < 1.29 is 14.3 Å². The molecule has 28 heavy (non-hydrogen) atoms. The molecule has 0 atom stereocenters. The van der Waals surface area contributed by atoms with Crippen molar-refractivity contribution in [3.8, 4) is 0 Å². The van der Waals surface area contributed by atoms with Gasteiger partial charge in [0.05, 0.1) is 11.1 Å². The Hall–Kier alpha value is -2.35. The summed E-state index contributed by atoms with van der Waals surface area (Å²) in [5.41, 5.74) is 8.38. The summed E-state index contributed by atoms with van der Waals surface area (Å²) in [6, 6.07) is 12.5. The number of anilines is 1. The Balaban J connectivity index is 2.22. The second-order valence-electron chi connectivity index (χ2n) is 7.55. The van der Waals surface area contributed by atoms with E-state index in [4.69, 9.17) is 10.5 Å². The molecule has 5 nitrogen and oxygen atoms in total. The van der Waals surface area contributed by atoms with Crippen molar-refractivity contribution in [2.24, 2.45) is 0 Å². The van der Waals surface area contributed by atoms with Crippen LogP contribution in [0.3, 0.4) is 0 Å². The fraction of sp³-hybridized carbons (Fsp3) is 0.273. The first kappa shape index (κ1) is 20.4. The van der Waals surface area contributed by atoms with E-state index in [1.807, 2.05) is 45.9 Å². The number of ether oxygens (including phenoxy) is 1. The molecule has 0 amide bonds. The number of nitrogens with two attached hydrogens (primary N) is 1. The van der Waals surface area contributed by atoms with E-state index in [0.717, 1.165) is 14.5 Å². The van der Waals surface area contributed by atoms with Gasteiger partial charge in [0.15, 0.2) is 0 Å². The van der Waals surface area contributed by atoms with Crippen LogP contribution in [0.25, 0.3) is 10.9 Å². The van der Waals surface area contributed by atoms with E-state index in [2.05, 4.69) is 22.6 Å². The van der Waals surface area contributed by atoms with E-state index in [1.54, 1.807) is 24.3 Å². The van der Waals surface area contributed by atoms with Crippen molar-refractivity contribution in [3.05, 3.63) is 62.7 Å². The summed E-state index contributed by atoms with van der Waals surface area (Å²) in [5.74, 6) is -0.171. The molecule has 0 saturated carbocycles. The Kier molecular flexibility index (Phi) is 5.52. The molecule has 1 aromatic heterocycles. The lowest BCUT2D eigenvalue weighted by Gasteiger charge is -2.20. The Morgan fingerprint density at radius 3 is 2.32 bits per heavy atom. The predicted octanol–water partition coefficient (Wildman–Crippen LogP) is 5.03. The molecule has 2 N–H and O–H groups in total. The Morgan fingerprint density at radius 2 is 1.75 bits per heavy atom.